The highest BCUT2D eigenvalue weighted by Crippen LogP contribution is 2.68. The van der Waals surface area contributed by atoms with E-state index in [0.29, 0.717) is 17.7 Å². The van der Waals surface area contributed by atoms with Gasteiger partial charge in [-0.05, 0) is 47.8 Å². The van der Waals surface area contributed by atoms with Crippen LogP contribution in [0, 0.1) is 11.8 Å². The number of halogens is 4. The second-order valence-electron chi connectivity index (χ2n) is 4.18. The maximum absolute atomic E-state index is 13.3. The Morgan fingerprint density at radius 3 is 2.36 bits per heavy atom. The van der Waals surface area contributed by atoms with Crippen LogP contribution < -0.4 is 0 Å². The molecule has 2 atom stereocenters. The van der Waals surface area contributed by atoms with Crippen LogP contribution in [0.25, 0.3) is 0 Å². The zero-order valence-electron chi connectivity index (χ0n) is 7.20. The molecule has 3 aliphatic rings. The summed E-state index contributed by atoms with van der Waals surface area (Å²) in [5, 5.41) is -3.90. The lowest BCUT2D eigenvalue weighted by molar-refractivity contribution is -0.124. The summed E-state index contributed by atoms with van der Waals surface area (Å²) in [7, 11) is 0. The van der Waals surface area contributed by atoms with Crippen molar-refractivity contribution in [2.45, 2.75) is 30.4 Å². The van der Waals surface area contributed by atoms with Crippen LogP contribution in [0.1, 0.15) is 19.3 Å². The van der Waals surface area contributed by atoms with Gasteiger partial charge in [-0.1, -0.05) is 0 Å². The minimum Gasteiger partial charge on any atom is -0.194 e. The van der Waals surface area contributed by atoms with Crippen LogP contribution in [-0.2, 0) is 0 Å². The second-order valence-corrected chi connectivity index (χ2v) is 5.33. The molecule has 2 bridgehead atoms. The monoisotopic (exact) mass is 224 g/mol. The third-order valence-electron chi connectivity index (χ3n) is 3.42. The van der Waals surface area contributed by atoms with Gasteiger partial charge in [-0.25, -0.2) is 0 Å². The SMILES string of the molecule is FC1(F)SC2=C(C3CCC2C3)C1(F)F. The summed E-state index contributed by atoms with van der Waals surface area (Å²) in [5.41, 5.74) is -0.233. The molecule has 0 spiro atoms. The Balaban J connectivity index is 2.10. The molecule has 0 nitrogen and oxygen atoms in total. The van der Waals surface area contributed by atoms with E-state index < -0.39 is 11.2 Å². The number of thioether (sulfide) groups is 1. The van der Waals surface area contributed by atoms with Crippen LogP contribution >= 0.6 is 11.8 Å². The molecule has 2 unspecified atom stereocenters. The van der Waals surface area contributed by atoms with Gasteiger partial charge in [0.2, 0.25) is 0 Å². The molecule has 0 N–H and O–H groups in total. The topological polar surface area (TPSA) is 0 Å². The quantitative estimate of drug-likeness (QED) is 0.566. The summed E-state index contributed by atoms with van der Waals surface area (Å²) in [6.45, 7) is 0. The Labute approximate surface area is 82.7 Å². The van der Waals surface area contributed by atoms with Crippen molar-refractivity contribution in [2.24, 2.45) is 11.8 Å². The number of rotatable bonds is 0. The number of alkyl halides is 4. The molecule has 0 aromatic heterocycles. The van der Waals surface area contributed by atoms with Crippen molar-refractivity contribution in [3.63, 3.8) is 0 Å². The van der Waals surface area contributed by atoms with Gasteiger partial charge in [-0.3, -0.25) is 0 Å². The van der Waals surface area contributed by atoms with Crippen LogP contribution in [0.15, 0.2) is 10.5 Å². The molecule has 0 amide bonds. The Bertz CT molecular complexity index is 334. The van der Waals surface area contributed by atoms with Crippen LogP contribution in [0.4, 0.5) is 17.6 Å². The number of hydrogen-bond donors (Lipinski definition) is 0. The zero-order chi connectivity index (χ0) is 10.1. The molecule has 78 valence electrons. The first-order valence-corrected chi connectivity index (χ1v) is 5.44. The number of allylic oxidation sites excluding steroid dienone is 2. The van der Waals surface area contributed by atoms with Gasteiger partial charge in [-0.2, -0.15) is 17.6 Å². The van der Waals surface area contributed by atoms with Gasteiger partial charge in [0, 0.05) is 5.57 Å². The van der Waals surface area contributed by atoms with Gasteiger partial charge in [0.15, 0.2) is 0 Å². The lowest BCUT2D eigenvalue weighted by atomic mass is 9.93. The van der Waals surface area contributed by atoms with Gasteiger partial charge in [0.05, 0.1) is 0 Å². The number of fused-ring (bicyclic) bond motifs is 4. The van der Waals surface area contributed by atoms with Gasteiger partial charge < -0.3 is 0 Å². The van der Waals surface area contributed by atoms with E-state index in [4.69, 9.17) is 0 Å². The van der Waals surface area contributed by atoms with Crippen molar-refractivity contribution in [2.75, 3.05) is 0 Å². The van der Waals surface area contributed by atoms with E-state index in [1.165, 1.54) is 0 Å². The highest BCUT2D eigenvalue weighted by molar-refractivity contribution is 8.04. The van der Waals surface area contributed by atoms with E-state index in [2.05, 4.69) is 0 Å². The molecule has 0 aromatic rings. The van der Waals surface area contributed by atoms with Crippen molar-refractivity contribution in [1.82, 2.24) is 0 Å². The Morgan fingerprint density at radius 1 is 1.07 bits per heavy atom. The molecule has 0 saturated heterocycles. The fourth-order valence-corrected chi connectivity index (χ4v) is 4.11. The summed E-state index contributed by atoms with van der Waals surface area (Å²) in [5.74, 6) is -4.17. The van der Waals surface area contributed by atoms with E-state index in [1.54, 1.807) is 0 Å². The maximum Gasteiger partial charge on any atom is 0.364 e. The molecule has 2 aliphatic carbocycles. The van der Waals surface area contributed by atoms with Crippen molar-refractivity contribution in [3.05, 3.63) is 10.5 Å². The lowest BCUT2D eigenvalue weighted by Gasteiger charge is -2.23. The van der Waals surface area contributed by atoms with Crippen LogP contribution in [0.2, 0.25) is 0 Å². The smallest absolute Gasteiger partial charge is 0.194 e. The first-order chi connectivity index (χ1) is 6.43. The molecule has 0 aromatic carbocycles. The zero-order valence-corrected chi connectivity index (χ0v) is 8.01. The summed E-state index contributed by atoms with van der Waals surface area (Å²) in [4.78, 5) is 0.302. The summed E-state index contributed by atoms with van der Waals surface area (Å²) in [6.07, 6.45) is 2.14. The Hall–Kier alpha value is -0.190. The predicted molar refractivity (Wildman–Crippen MR) is 45.3 cm³/mol. The van der Waals surface area contributed by atoms with E-state index in [0.717, 1.165) is 6.42 Å². The Kier molecular flexibility index (Phi) is 1.50. The third-order valence-corrected chi connectivity index (χ3v) is 4.70. The van der Waals surface area contributed by atoms with E-state index in [9.17, 15) is 17.6 Å². The van der Waals surface area contributed by atoms with Gasteiger partial charge in [0.25, 0.3) is 0 Å². The first-order valence-electron chi connectivity index (χ1n) is 4.62. The van der Waals surface area contributed by atoms with E-state index >= 15 is 0 Å². The molecule has 3 rings (SSSR count). The fraction of sp³-hybridized carbons (Fsp3) is 0.778. The van der Waals surface area contributed by atoms with E-state index in [-0.39, 0.29) is 29.2 Å². The minimum absolute atomic E-state index is 0.000694. The highest BCUT2D eigenvalue weighted by Gasteiger charge is 2.69. The normalized spacial score (nSPS) is 42.0. The van der Waals surface area contributed by atoms with Crippen LogP contribution in [0.3, 0.4) is 0 Å². The van der Waals surface area contributed by atoms with Crippen LogP contribution in [0.5, 0.6) is 0 Å². The standard InChI is InChI=1S/C9H8F4S/c10-8(11)6-4-1-2-5(3-4)7(6)14-9(8,12)13/h4-5H,1-3H2. The average molecular weight is 224 g/mol. The van der Waals surface area contributed by atoms with Crippen molar-refractivity contribution < 1.29 is 17.6 Å². The van der Waals surface area contributed by atoms with Crippen molar-refractivity contribution in [1.29, 1.82) is 0 Å². The first kappa shape index (κ1) is 9.07. The molecule has 1 aliphatic heterocycles. The van der Waals surface area contributed by atoms with Crippen molar-refractivity contribution in [3.8, 4) is 0 Å². The van der Waals surface area contributed by atoms with E-state index in [1.807, 2.05) is 0 Å². The summed E-state index contributed by atoms with van der Waals surface area (Å²) >= 11 is 0.105. The molecule has 1 saturated carbocycles. The lowest BCUT2D eigenvalue weighted by Crippen LogP contribution is -2.37. The van der Waals surface area contributed by atoms with Crippen molar-refractivity contribution >= 4 is 11.8 Å². The molecule has 1 heterocycles. The fourth-order valence-electron chi connectivity index (χ4n) is 2.81. The van der Waals surface area contributed by atoms with Gasteiger partial charge in [-0.15, -0.1) is 0 Å². The molecule has 1 fully saturated rings. The summed E-state index contributed by atoms with van der Waals surface area (Å²) in [6, 6.07) is 0. The Morgan fingerprint density at radius 2 is 1.71 bits per heavy atom. The molecular formula is C9H8F4S. The maximum atomic E-state index is 13.3. The van der Waals surface area contributed by atoms with Gasteiger partial charge >= 0.3 is 11.2 Å². The minimum atomic E-state index is -3.90. The predicted octanol–water partition coefficient (Wildman–Crippen LogP) is 3.65. The average Bonchev–Trinajstić information content (AvgIpc) is 2.64. The molecule has 5 heteroatoms. The number of hydrogen-bond acceptors (Lipinski definition) is 1. The highest BCUT2D eigenvalue weighted by atomic mass is 32.2. The molecule has 0 radical (unpaired) electrons. The molecule has 14 heavy (non-hydrogen) atoms. The van der Waals surface area contributed by atoms with Crippen LogP contribution in [-0.4, -0.2) is 11.2 Å². The second kappa shape index (κ2) is 2.31. The largest absolute Gasteiger partial charge is 0.364 e. The summed E-state index contributed by atoms with van der Waals surface area (Å²) < 4.78 is 52.6. The molecular weight excluding hydrogens is 216 g/mol. The third kappa shape index (κ3) is 0.829. The van der Waals surface area contributed by atoms with Gasteiger partial charge in [0.1, 0.15) is 0 Å².